The Kier molecular flexibility index (Phi) is 9.39. The fraction of sp³-hybridized carbons (Fsp3) is 0.154. The third-order valence-corrected chi connectivity index (χ3v) is 8.29. The number of rotatable bonds is 9. The summed E-state index contributed by atoms with van der Waals surface area (Å²) in [7, 11) is 0. The average Bonchev–Trinajstić information content (AvgIpc) is 3.10. The molecule has 6 rings (SSSR count). The Labute approximate surface area is 267 Å². The number of carbonyl (C=O) groups is 2. The van der Waals surface area contributed by atoms with Crippen molar-refractivity contribution < 1.29 is 18.4 Å². The van der Waals surface area contributed by atoms with Crippen LogP contribution in [-0.2, 0) is 35.5 Å². The van der Waals surface area contributed by atoms with Crippen molar-refractivity contribution in [2.24, 2.45) is 0 Å². The molecule has 0 N–H and O–H groups in total. The normalized spacial score (nSPS) is 13.3. The molecule has 0 saturated carbocycles. The fourth-order valence-electron chi connectivity index (χ4n) is 5.79. The van der Waals surface area contributed by atoms with E-state index in [1.54, 1.807) is 11.1 Å². The number of halogens is 2. The molecule has 230 valence electrons. The Morgan fingerprint density at radius 1 is 0.804 bits per heavy atom. The summed E-state index contributed by atoms with van der Waals surface area (Å²) in [6.07, 6.45) is 5.56. The maximum Gasteiger partial charge on any atom is 0.247 e. The predicted octanol–water partition coefficient (Wildman–Crippen LogP) is 7.27. The van der Waals surface area contributed by atoms with Gasteiger partial charge in [-0.1, -0.05) is 91.0 Å². The number of aromatic nitrogens is 1. The smallest absolute Gasteiger partial charge is 0.247 e. The van der Waals surface area contributed by atoms with Crippen molar-refractivity contribution in [3.63, 3.8) is 0 Å². The van der Waals surface area contributed by atoms with E-state index in [0.717, 1.165) is 46.5 Å². The first-order valence-corrected chi connectivity index (χ1v) is 15.3. The number of amides is 2. The third kappa shape index (κ3) is 7.26. The van der Waals surface area contributed by atoms with Gasteiger partial charge in [0.05, 0.1) is 5.69 Å². The van der Waals surface area contributed by atoms with E-state index >= 15 is 0 Å². The van der Waals surface area contributed by atoms with Crippen LogP contribution in [0.2, 0.25) is 0 Å². The van der Waals surface area contributed by atoms with E-state index in [2.05, 4.69) is 11.1 Å². The molecule has 2 heterocycles. The first-order valence-electron chi connectivity index (χ1n) is 15.3. The molecule has 0 fully saturated rings. The molecule has 1 atom stereocenters. The number of pyridine rings is 1. The largest absolute Gasteiger partial charge is 0.336 e. The summed E-state index contributed by atoms with van der Waals surface area (Å²) >= 11 is 0. The van der Waals surface area contributed by atoms with Crippen molar-refractivity contribution in [2.75, 3.05) is 6.54 Å². The maximum atomic E-state index is 14.5. The maximum absolute atomic E-state index is 14.5. The fourth-order valence-corrected chi connectivity index (χ4v) is 5.79. The lowest BCUT2D eigenvalue weighted by Gasteiger charge is -2.37. The van der Waals surface area contributed by atoms with Crippen molar-refractivity contribution in [3.8, 4) is 11.3 Å². The van der Waals surface area contributed by atoms with Crippen LogP contribution in [0.4, 0.5) is 8.78 Å². The summed E-state index contributed by atoms with van der Waals surface area (Å²) in [6.45, 7) is 1.18. The molecular weight excluding hydrogens is 580 g/mol. The van der Waals surface area contributed by atoms with Crippen LogP contribution in [0, 0.1) is 11.6 Å². The second-order valence-electron chi connectivity index (χ2n) is 11.4. The molecule has 0 saturated heterocycles. The lowest BCUT2D eigenvalue weighted by atomic mass is 9.97. The first kappa shape index (κ1) is 30.6. The van der Waals surface area contributed by atoms with E-state index in [1.165, 1.54) is 23.8 Å². The molecule has 5 aromatic rings. The second-order valence-corrected chi connectivity index (χ2v) is 11.4. The molecule has 0 unspecified atom stereocenters. The van der Waals surface area contributed by atoms with Crippen LogP contribution < -0.4 is 0 Å². The predicted molar refractivity (Wildman–Crippen MR) is 175 cm³/mol. The summed E-state index contributed by atoms with van der Waals surface area (Å²) in [5.74, 6) is -2.51. The van der Waals surface area contributed by atoms with Gasteiger partial charge in [-0.05, 0) is 64.6 Å². The highest BCUT2D eigenvalue weighted by Gasteiger charge is 2.34. The Hall–Kier alpha value is -5.43. The average molecular weight is 614 g/mol. The van der Waals surface area contributed by atoms with Crippen LogP contribution >= 0.6 is 0 Å². The van der Waals surface area contributed by atoms with Crippen LogP contribution in [0.15, 0.2) is 128 Å². The van der Waals surface area contributed by atoms with Crippen molar-refractivity contribution >= 4 is 17.9 Å². The highest BCUT2D eigenvalue weighted by Crippen LogP contribution is 2.24. The standard InChI is InChI=1S/C39H33F2N3O2/c40-34-19-15-29(24-35(34)41)16-20-38(45)44(26-30-13-17-32(18-14-30)36-12-6-7-22-42-36)37(25-28-8-2-1-3-9-28)39(46)43-23-21-31-10-4-5-11-33(31)27-43/h1-20,22,24,37H,21,23,25-27H2/b20-16+/t37-/m0/s1. The van der Waals surface area contributed by atoms with E-state index in [9.17, 15) is 18.4 Å². The van der Waals surface area contributed by atoms with Gasteiger partial charge in [0.2, 0.25) is 11.8 Å². The van der Waals surface area contributed by atoms with Gasteiger partial charge in [0.15, 0.2) is 11.6 Å². The number of carbonyl (C=O) groups excluding carboxylic acids is 2. The van der Waals surface area contributed by atoms with Crippen molar-refractivity contribution in [3.05, 3.63) is 167 Å². The minimum Gasteiger partial charge on any atom is -0.336 e. The zero-order valence-corrected chi connectivity index (χ0v) is 25.2. The molecule has 1 aromatic heterocycles. The third-order valence-electron chi connectivity index (χ3n) is 8.29. The zero-order chi connectivity index (χ0) is 31.9. The lowest BCUT2D eigenvalue weighted by molar-refractivity contribution is -0.144. The Balaban J connectivity index is 1.35. The van der Waals surface area contributed by atoms with Gasteiger partial charge in [0, 0.05) is 43.9 Å². The molecule has 4 aromatic carbocycles. The molecule has 1 aliphatic heterocycles. The summed E-state index contributed by atoms with van der Waals surface area (Å²) < 4.78 is 27.5. The van der Waals surface area contributed by atoms with Gasteiger partial charge in [0.1, 0.15) is 6.04 Å². The second kappa shape index (κ2) is 14.1. The molecule has 1 aliphatic rings. The highest BCUT2D eigenvalue weighted by molar-refractivity contribution is 5.96. The number of hydrogen-bond donors (Lipinski definition) is 0. The van der Waals surface area contributed by atoms with Crippen LogP contribution in [0.1, 0.15) is 27.8 Å². The van der Waals surface area contributed by atoms with Gasteiger partial charge < -0.3 is 9.80 Å². The van der Waals surface area contributed by atoms with E-state index in [1.807, 2.05) is 95.9 Å². The first-order chi connectivity index (χ1) is 22.4. The topological polar surface area (TPSA) is 53.5 Å². The van der Waals surface area contributed by atoms with Gasteiger partial charge in [-0.15, -0.1) is 0 Å². The molecular formula is C39H33F2N3O2. The molecule has 0 bridgehead atoms. The summed E-state index contributed by atoms with van der Waals surface area (Å²) in [5.41, 5.74) is 6.19. The summed E-state index contributed by atoms with van der Waals surface area (Å²) in [5, 5.41) is 0. The molecule has 7 heteroatoms. The minimum absolute atomic E-state index is 0.141. The zero-order valence-electron chi connectivity index (χ0n) is 25.2. The van der Waals surface area contributed by atoms with Gasteiger partial charge in [-0.3, -0.25) is 14.6 Å². The summed E-state index contributed by atoms with van der Waals surface area (Å²) in [4.78, 5) is 36.4. The van der Waals surface area contributed by atoms with Gasteiger partial charge in [0.25, 0.3) is 0 Å². The number of nitrogens with zero attached hydrogens (tertiary/aromatic N) is 3. The molecule has 46 heavy (non-hydrogen) atoms. The molecule has 5 nitrogen and oxygen atoms in total. The minimum atomic E-state index is -0.998. The summed E-state index contributed by atoms with van der Waals surface area (Å²) in [6, 6.07) is 33.9. The van der Waals surface area contributed by atoms with Crippen molar-refractivity contribution in [1.82, 2.24) is 14.8 Å². The quantitative estimate of drug-likeness (QED) is 0.165. The molecule has 2 amide bonds. The van der Waals surface area contributed by atoms with E-state index in [4.69, 9.17) is 0 Å². The molecule has 0 radical (unpaired) electrons. The SMILES string of the molecule is O=C([C@H](Cc1ccccc1)N(Cc1ccc(-c2ccccn2)cc1)C(=O)/C=C/c1ccc(F)c(F)c1)N1CCc2ccccc2C1. The number of benzene rings is 4. The van der Waals surface area contributed by atoms with Gasteiger partial charge in [-0.25, -0.2) is 8.78 Å². The van der Waals surface area contributed by atoms with Crippen LogP contribution in [0.5, 0.6) is 0 Å². The van der Waals surface area contributed by atoms with Crippen LogP contribution in [0.3, 0.4) is 0 Å². The highest BCUT2D eigenvalue weighted by atomic mass is 19.2. The molecule has 0 aliphatic carbocycles. The molecule has 0 spiro atoms. The van der Waals surface area contributed by atoms with Crippen molar-refractivity contribution in [2.45, 2.75) is 32.0 Å². The van der Waals surface area contributed by atoms with E-state index in [0.29, 0.717) is 25.1 Å². The van der Waals surface area contributed by atoms with E-state index in [-0.39, 0.29) is 12.5 Å². The van der Waals surface area contributed by atoms with Crippen LogP contribution in [0.25, 0.3) is 17.3 Å². The Bertz CT molecular complexity index is 1840. The lowest BCUT2D eigenvalue weighted by Crippen LogP contribution is -2.52. The van der Waals surface area contributed by atoms with Gasteiger partial charge >= 0.3 is 0 Å². The van der Waals surface area contributed by atoms with E-state index < -0.39 is 23.6 Å². The monoisotopic (exact) mass is 613 g/mol. The Morgan fingerprint density at radius 2 is 1.54 bits per heavy atom. The van der Waals surface area contributed by atoms with Crippen molar-refractivity contribution in [1.29, 1.82) is 0 Å². The number of hydrogen-bond acceptors (Lipinski definition) is 3. The van der Waals surface area contributed by atoms with Gasteiger partial charge in [-0.2, -0.15) is 0 Å². The Morgan fingerprint density at radius 3 is 2.28 bits per heavy atom. The number of fused-ring (bicyclic) bond motifs is 1. The van der Waals surface area contributed by atoms with Crippen LogP contribution in [-0.4, -0.2) is 39.2 Å².